The first kappa shape index (κ1) is 10.5. The zero-order chi connectivity index (χ0) is 10.9. The topological polar surface area (TPSA) is 71.2 Å². The van der Waals surface area contributed by atoms with Crippen LogP contribution in [-0.2, 0) is 0 Å². The van der Waals surface area contributed by atoms with E-state index in [0.717, 1.165) is 19.3 Å². The van der Waals surface area contributed by atoms with E-state index >= 15 is 0 Å². The van der Waals surface area contributed by atoms with Crippen LogP contribution in [0.4, 0.5) is 11.5 Å². The molecule has 1 aliphatic carbocycles. The van der Waals surface area contributed by atoms with Gasteiger partial charge in [-0.15, -0.1) is 0 Å². The molecule has 0 unspecified atom stereocenters. The van der Waals surface area contributed by atoms with Gasteiger partial charge >= 0.3 is 0 Å². The monoisotopic (exact) mass is 227 g/mol. The van der Waals surface area contributed by atoms with Crippen molar-refractivity contribution in [1.82, 2.24) is 4.98 Å². The molecule has 1 saturated carbocycles. The molecule has 1 aromatic rings. The number of pyridine rings is 1. The summed E-state index contributed by atoms with van der Waals surface area (Å²) >= 11 is 5.75. The smallest absolute Gasteiger partial charge is 0.149 e. The van der Waals surface area contributed by atoms with E-state index in [4.69, 9.17) is 17.3 Å². The molecule has 0 amide bonds. The van der Waals surface area contributed by atoms with E-state index in [1.54, 1.807) is 12.3 Å². The number of halogens is 1. The van der Waals surface area contributed by atoms with E-state index in [-0.39, 0.29) is 12.1 Å². The van der Waals surface area contributed by atoms with Crippen molar-refractivity contribution >= 4 is 23.1 Å². The van der Waals surface area contributed by atoms with E-state index in [2.05, 4.69) is 10.3 Å². The molecule has 0 bridgehead atoms. The number of nitrogen functional groups attached to an aromatic ring is 1. The molecule has 0 saturated heterocycles. The first-order valence-corrected chi connectivity index (χ1v) is 5.33. The highest BCUT2D eigenvalue weighted by molar-refractivity contribution is 6.30. The fourth-order valence-corrected chi connectivity index (χ4v) is 1.90. The summed E-state index contributed by atoms with van der Waals surface area (Å²) in [7, 11) is 0. The summed E-state index contributed by atoms with van der Waals surface area (Å²) in [4.78, 5) is 4.11. The van der Waals surface area contributed by atoms with Crippen LogP contribution in [0.15, 0.2) is 12.3 Å². The van der Waals surface area contributed by atoms with Crippen LogP contribution >= 0.6 is 11.6 Å². The van der Waals surface area contributed by atoms with Crippen LogP contribution in [0.5, 0.6) is 0 Å². The predicted octanol–water partition coefficient (Wildman–Crippen LogP) is 1.64. The summed E-state index contributed by atoms with van der Waals surface area (Å²) in [6.07, 6.45) is 4.57. The molecule has 1 aliphatic rings. The summed E-state index contributed by atoms with van der Waals surface area (Å²) in [5.41, 5.74) is 6.06. The maximum atomic E-state index is 9.29. The van der Waals surface area contributed by atoms with E-state index < -0.39 is 0 Å². The van der Waals surface area contributed by atoms with Crippen LogP contribution in [-0.4, -0.2) is 22.2 Å². The van der Waals surface area contributed by atoms with E-state index in [0.29, 0.717) is 16.5 Å². The van der Waals surface area contributed by atoms with Crippen molar-refractivity contribution in [1.29, 1.82) is 0 Å². The average Bonchev–Trinajstić information content (AvgIpc) is 2.14. The Balaban J connectivity index is 2.16. The first-order valence-electron chi connectivity index (χ1n) is 4.95. The predicted molar refractivity (Wildman–Crippen MR) is 60.9 cm³/mol. The molecule has 1 fully saturated rings. The number of aliphatic hydroxyl groups excluding tert-OH is 1. The minimum atomic E-state index is -0.227. The first-order chi connectivity index (χ1) is 7.15. The second-order valence-electron chi connectivity index (χ2n) is 4.01. The summed E-state index contributed by atoms with van der Waals surface area (Å²) in [5, 5.41) is 13.0. The molecule has 82 valence electrons. The number of nitrogens with zero attached hydrogens (tertiary/aromatic N) is 1. The Morgan fingerprint density at radius 2 is 2.33 bits per heavy atom. The van der Waals surface area contributed by atoms with Gasteiger partial charge in [0, 0.05) is 6.20 Å². The van der Waals surface area contributed by atoms with Gasteiger partial charge in [-0.25, -0.2) is 4.98 Å². The van der Waals surface area contributed by atoms with Crippen LogP contribution in [0.3, 0.4) is 0 Å². The number of anilines is 2. The van der Waals surface area contributed by atoms with Crippen LogP contribution in [0, 0.1) is 0 Å². The lowest BCUT2D eigenvalue weighted by molar-refractivity contribution is 0.144. The summed E-state index contributed by atoms with van der Waals surface area (Å²) in [6.45, 7) is 0.108. The van der Waals surface area contributed by atoms with E-state index in [1.165, 1.54) is 0 Å². The average molecular weight is 228 g/mol. The maximum Gasteiger partial charge on any atom is 0.149 e. The quantitative estimate of drug-likeness (QED) is 0.734. The maximum absolute atomic E-state index is 9.29. The van der Waals surface area contributed by atoms with Gasteiger partial charge in [0.2, 0.25) is 0 Å². The zero-order valence-electron chi connectivity index (χ0n) is 8.33. The zero-order valence-corrected chi connectivity index (χ0v) is 9.09. The summed E-state index contributed by atoms with van der Waals surface area (Å²) in [6, 6.07) is 1.65. The minimum Gasteiger partial charge on any atom is -0.396 e. The number of hydrogen-bond donors (Lipinski definition) is 3. The van der Waals surface area contributed by atoms with Gasteiger partial charge in [-0.2, -0.15) is 0 Å². The van der Waals surface area contributed by atoms with Gasteiger partial charge in [0.05, 0.1) is 22.9 Å². The van der Waals surface area contributed by atoms with Crippen molar-refractivity contribution < 1.29 is 5.11 Å². The lowest BCUT2D eigenvalue weighted by Crippen LogP contribution is -2.48. The second-order valence-corrected chi connectivity index (χ2v) is 4.44. The Morgan fingerprint density at radius 3 is 2.80 bits per heavy atom. The SMILES string of the molecule is Nc1cc(Cl)cnc1NC1(CO)CCC1. The normalized spacial score (nSPS) is 18.3. The third-order valence-electron chi connectivity index (χ3n) is 2.88. The molecule has 0 aliphatic heterocycles. The number of hydrogen-bond acceptors (Lipinski definition) is 4. The van der Waals surface area contributed by atoms with Crippen molar-refractivity contribution in [2.75, 3.05) is 17.7 Å². The Kier molecular flexibility index (Phi) is 2.71. The standard InChI is InChI=1S/C10H14ClN3O/c11-7-4-8(12)9(13-5-7)14-10(6-15)2-1-3-10/h4-5,15H,1-3,6,12H2,(H,13,14). The Bertz CT molecular complexity index is 360. The number of aromatic nitrogens is 1. The lowest BCUT2D eigenvalue weighted by Gasteiger charge is -2.41. The third kappa shape index (κ3) is 2.01. The fraction of sp³-hybridized carbons (Fsp3) is 0.500. The van der Waals surface area contributed by atoms with Gasteiger partial charge in [0.15, 0.2) is 0 Å². The van der Waals surface area contributed by atoms with Crippen molar-refractivity contribution in [2.24, 2.45) is 0 Å². The number of rotatable bonds is 3. The molecule has 1 heterocycles. The molecule has 4 N–H and O–H groups in total. The molecular formula is C10H14ClN3O. The van der Waals surface area contributed by atoms with Gasteiger partial charge in [0.25, 0.3) is 0 Å². The van der Waals surface area contributed by atoms with Crippen molar-refractivity contribution in [3.8, 4) is 0 Å². The summed E-state index contributed by atoms with van der Waals surface area (Å²) in [5.74, 6) is 0.605. The largest absolute Gasteiger partial charge is 0.396 e. The van der Waals surface area contributed by atoms with Crippen molar-refractivity contribution in [3.05, 3.63) is 17.3 Å². The Hall–Kier alpha value is -1.00. The molecule has 15 heavy (non-hydrogen) atoms. The van der Waals surface area contributed by atoms with Gasteiger partial charge in [-0.1, -0.05) is 11.6 Å². The molecule has 0 spiro atoms. The summed E-state index contributed by atoms with van der Waals surface area (Å²) < 4.78 is 0. The van der Waals surface area contributed by atoms with Gasteiger partial charge < -0.3 is 16.2 Å². The van der Waals surface area contributed by atoms with E-state index in [9.17, 15) is 5.11 Å². The highest BCUT2D eigenvalue weighted by atomic mass is 35.5. The molecule has 2 rings (SSSR count). The number of nitrogens with one attached hydrogen (secondary N) is 1. The van der Waals surface area contributed by atoms with E-state index in [1.807, 2.05) is 0 Å². The van der Waals surface area contributed by atoms with Crippen LogP contribution in [0.2, 0.25) is 5.02 Å². The highest BCUT2D eigenvalue weighted by Gasteiger charge is 2.36. The molecule has 0 radical (unpaired) electrons. The lowest BCUT2D eigenvalue weighted by atomic mass is 9.77. The second kappa shape index (κ2) is 3.87. The fourth-order valence-electron chi connectivity index (χ4n) is 1.74. The van der Waals surface area contributed by atoms with Gasteiger partial charge in [0.1, 0.15) is 5.82 Å². The third-order valence-corrected chi connectivity index (χ3v) is 3.09. The molecule has 1 aromatic heterocycles. The number of nitrogens with two attached hydrogens (primary N) is 1. The highest BCUT2D eigenvalue weighted by Crippen LogP contribution is 2.35. The molecule has 5 heteroatoms. The molecule has 0 aromatic carbocycles. The molecule has 4 nitrogen and oxygen atoms in total. The Morgan fingerprint density at radius 1 is 1.60 bits per heavy atom. The molecular weight excluding hydrogens is 214 g/mol. The van der Waals surface area contributed by atoms with Crippen LogP contribution < -0.4 is 11.1 Å². The molecule has 0 atom stereocenters. The number of aliphatic hydroxyl groups is 1. The van der Waals surface area contributed by atoms with Crippen molar-refractivity contribution in [2.45, 2.75) is 24.8 Å². The Labute approximate surface area is 93.5 Å². The van der Waals surface area contributed by atoms with Crippen molar-refractivity contribution in [3.63, 3.8) is 0 Å². The van der Waals surface area contributed by atoms with Crippen LogP contribution in [0.1, 0.15) is 19.3 Å². The van der Waals surface area contributed by atoms with Gasteiger partial charge in [-0.3, -0.25) is 0 Å². The minimum absolute atomic E-state index is 0.108. The van der Waals surface area contributed by atoms with Gasteiger partial charge in [-0.05, 0) is 25.3 Å². The van der Waals surface area contributed by atoms with Crippen LogP contribution in [0.25, 0.3) is 0 Å².